The van der Waals surface area contributed by atoms with Crippen molar-refractivity contribution in [3.05, 3.63) is 70.4 Å². The Morgan fingerprint density at radius 3 is 2.82 bits per heavy atom. The minimum absolute atomic E-state index is 0.307. The van der Waals surface area contributed by atoms with E-state index in [0.717, 1.165) is 53.1 Å². The van der Waals surface area contributed by atoms with E-state index in [2.05, 4.69) is 10.3 Å². The number of anilines is 1. The second-order valence-corrected chi connectivity index (χ2v) is 8.09. The number of benzene rings is 2. The molecule has 0 bridgehead atoms. The van der Waals surface area contributed by atoms with Crippen LogP contribution in [0.4, 0.5) is 9.39 Å². The molecule has 0 spiro atoms. The predicted molar refractivity (Wildman–Crippen MR) is 110 cm³/mol. The number of nitrogens with one attached hydrogen (secondary N) is 2. The lowest BCUT2D eigenvalue weighted by atomic mass is 9.95. The molecule has 1 aliphatic carbocycles. The number of hydrogen-bond acceptors (Lipinski definition) is 3. The van der Waals surface area contributed by atoms with Gasteiger partial charge in [-0.25, -0.2) is 9.37 Å². The molecule has 0 saturated carbocycles. The summed E-state index contributed by atoms with van der Waals surface area (Å²) in [7, 11) is 0. The number of aryl methyl sites for hydroxylation is 1. The highest BCUT2D eigenvalue weighted by molar-refractivity contribution is 7.17. The Bertz CT molecular complexity index is 1160. The number of H-pyrrole nitrogens is 1. The van der Waals surface area contributed by atoms with Gasteiger partial charge in [0, 0.05) is 10.4 Å². The Balaban J connectivity index is 1.59. The van der Waals surface area contributed by atoms with Crippen LogP contribution in [-0.4, -0.2) is 15.9 Å². The molecular weight excluding hydrogens is 373 g/mol. The van der Waals surface area contributed by atoms with Crippen LogP contribution in [0, 0.1) is 5.82 Å². The lowest BCUT2D eigenvalue weighted by molar-refractivity contribution is 0.102. The number of carbonyl (C=O) groups is 1. The summed E-state index contributed by atoms with van der Waals surface area (Å²) >= 11 is 1.61. The number of imidazole rings is 1. The molecule has 28 heavy (non-hydrogen) atoms. The second kappa shape index (κ2) is 6.87. The Hall–Kier alpha value is -2.99. The van der Waals surface area contributed by atoms with E-state index in [1.807, 2.05) is 24.3 Å². The standard InChI is InChI=1S/C22H18FN3OS/c23-14-7-5-6-13(12-14)21(27)26-22-19(15-8-1-4-11-18(15)28-22)20-24-16-9-2-3-10-17(16)25-20/h2-3,5-7,9-10,12H,1,4,8,11H2,(H,24,25)(H,26,27). The number of aromatic amines is 1. The number of rotatable bonds is 3. The molecule has 1 amide bonds. The molecule has 1 aliphatic rings. The van der Waals surface area contributed by atoms with Crippen molar-refractivity contribution in [2.24, 2.45) is 0 Å². The average molecular weight is 391 g/mol. The molecule has 0 radical (unpaired) electrons. The fraction of sp³-hybridized carbons (Fsp3) is 0.182. The Morgan fingerprint density at radius 2 is 1.96 bits per heavy atom. The molecule has 2 aromatic carbocycles. The highest BCUT2D eigenvalue weighted by Gasteiger charge is 2.25. The van der Waals surface area contributed by atoms with Crippen molar-refractivity contribution >= 4 is 33.3 Å². The zero-order valence-electron chi connectivity index (χ0n) is 15.1. The van der Waals surface area contributed by atoms with Gasteiger partial charge in [-0.05, 0) is 61.6 Å². The Labute approximate surface area is 165 Å². The maximum absolute atomic E-state index is 13.5. The monoisotopic (exact) mass is 391 g/mol. The smallest absolute Gasteiger partial charge is 0.256 e. The predicted octanol–water partition coefficient (Wildman–Crippen LogP) is 5.56. The molecule has 0 aliphatic heterocycles. The Kier molecular flexibility index (Phi) is 4.20. The number of nitrogens with zero attached hydrogens (tertiary/aromatic N) is 1. The number of aromatic nitrogens is 2. The molecule has 0 atom stereocenters. The highest BCUT2D eigenvalue weighted by atomic mass is 32.1. The molecular formula is C22H18FN3OS. The molecule has 0 unspecified atom stereocenters. The summed E-state index contributed by atoms with van der Waals surface area (Å²) in [6.45, 7) is 0. The number of halogens is 1. The number of hydrogen-bond donors (Lipinski definition) is 2. The van der Waals surface area contributed by atoms with Crippen LogP contribution in [-0.2, 0) is 12.8 Å². The molecule has 6 heteroatoms. The summed E-state index contributed by atoms with van der Waals surface area (Å²) in [5, 5.41) is 3.78. The number of carbonyl (C=O) groups excluding carboxylic acids is 1. The average Bonchev–Trinajstić information content (AvgIpc) is 3.28. The largest absolute Gasteiger partial charge is 0.338 e. The van der Waals surface area contributed by atoms with Gasteiger partial charge in [-0.1, -0.05) is 18.2 Å². The zero-order chi connectivity index (χ0) is 19.1. The fourth-order valence-electron chi connectivity index (χ4n) is 3.78. The molecule has 4 nitrogen and oxygen atoms in total. The van der Waals surface area contributed by atoms with Crippen LogP contribution >= 0.6 is 11.3 Å². The van der Waals surface area contributed by atoms with Crippen LogP contribution < -0.4 is 5.32 Å². The van der Waals surface area contributed by atoms with Gasteiger partial charge in [-0.2, -0.15) is 0 Å². The summed E-state index contributed by atoms with van der Waals surface area (Å²) in [6.07, 6.45) is 4.29. The number of thiophene rings is 1. The lowest BCUT2D eigenvalue weighted by Crippen LogP contribution is -2.12. The van der Waals surface area contributed by atoms with Crippen molar-refractivity contribution in [1.82, 2.24) is 9.97 Å². The van der Waals surface area contributed by atoms with Crippen LogP contribution in [0.15, 0.2) is 48.5 Å². The zero-order valence-corrected chi connectivity index (χ0v) is 15.9. The minimum Gasteiger partial charge on any atom is -0.338 e. The fourth-order valence-corrected chi connectivity index (χ4v) is 5.07. The maximum Gasteiger partial charge on any atom is 0.256 e. The highest BCUT2D eigenvalue weighted by Crippen LogP contribution is 2.43. The van der Waals surface area contributed by atoms with E-state index in [4.69, 9.17) is 4.98 Å². The summed E-state index contributed by atoms with van der Waals surface area (Å²) in [5.41, 5.74) is 4.42. The van der Waals surface area contributed by atoms with Crippen molar-refractivity contribution in [1.29, 1.82) is 0 Å². The van der Waals surface area contributed by atoms with Gasteiger partial charge in [0.05, 0.1) is 16.6 Å². The summed E-state index contributed by atoms with van der Waals surface area (Å²) in [6, 6.07) is 13.7. The van der Waals surface area contributed by atoms with Gasteiger partial charge in [0.25, 0.3) is 5.91 Å². The van der Waals surface area contributed by atoms with Crippen LogP contribution in [0.25, 0.3) is 22.4 Å². The van der Waals surface area contributed by atoms with Crippen LogP contribution in [0.3, 0.4) is 0 Å². The van der Waals surface area contributed by atoms with Crippen molar-refractivity contribution in [3.63, 3.8) is 0 Å². The lowest BCUT2D eigenvalue weighted by Gasteiger charge is -2.12. The van der Waals surface area contributed by atoms with Gasteiger partial charge in [0.15, 0.2) is 0 Å². The second-order valence-electron chi connectivity index (χ2n) is 6.98. The summed E-state index contributed by atoms with van der Waals surface area (Å²) in [5.74, 6) is 0.0428. The van der Waals surface area contributed by atoms with E-state index in [9.17, 15) is 9.18 Å². The van der Waals surface area contributed by atoms with Crippen molar-refractivity contribution < 1.29 is 9.18 Å². The third-order valence-electron chi connectivity index (χ3n) is 5.11. The molecule has 5 rings (SSSR count). The minimum atomic E-state index is -0.421. The normalized spacial score (nSPS) is 13.5. The van der Waals surface area contributed by atoms with E-state index in [1.165, 1.54) is 22.6 Å². The third-order valence-corrected chi connectivity index (χ3v) is 6.32. The first-order valence-corrected chi connectivity index (χ1v) is 10.2. The van der Waals surface area contributed by atoms with E-state index >= 15 is 0 Å². The SMILES string of the molecule is O=C(Nc1sc2c(c1-c1nc3ccccc3[nH]1)CCCC2)c1cccc(F)c1. The first-order chi connectivity index (χ1) is 13.7. The molecule has 140 valence electrons. The molecule has 0 saturated heterocycles. The van der Waals surface area contributed by atoms with Crippen LogP contribution in [0.2, 0.25) is 0 Å². The van der Waals surface area contributed by atoms with E-state index in [1.54, 1.807) is 23.5 Å². The van der Waals surface area contributed by atoms with Crippen molar-refractivity contribution in [2.75, 3.05) is 5.32 Å². The van der Waals surface area contributed by atoms with Crippen molar-refractivity contribution in [2.45, 2.75) is 25.7 Å². The summed E-state index contributed by atoms with van der Waals surface area (Å²) in [4.78, 5) is 22.2. The summed E-state index contributed by atoms with van der Waals surface area (Å²) < 4.78 is 13.5. The Morgan fingerprint density at radius 1 is 1.11 bits per heavy atom. The molecule has 2 aromatic heterocycles. The maximum atomic E-state index is 13.5. The van der Waals surface area contributed by atoms with Crippen LogP contribution in [0.5, 0.6) is 0 Å². The van der Waals surface area contributed by atoms with Crippen molar-refractivity contribution in [3.8, 4) is 11.4 Å². The third kappa shape index (κ3) is 2.99. The van der Waals surface area contributed by atoms with Gasteiger partial charge in [0.2, 0.25) is 0 Å². The number of amides is 1. The van der Waals surface area contributed by atoms with Crippen LogP contribution in [0.1, 0.15) is 33.6 Å². The molecule has 2 N–H and O–H groups in total. The quantitative estimate of drug-likeness (QED) is 0.480. The van der Waals surface area contributed by atoms with Gasteiger partial charge < -0.3 is 10.3 Å². The molecule has 2 heterocycles. The van der Waals surface area contributed by atoms with E-state index in [-0.39, 0.29) is 5.91 Å². The molecule has 4 aromatic rings. The number of para-hydroxylation sites is 2. The molecule has 0 fully saturated rings. The number of fused-ring (bicyclic) bond motifs is 2. The van der Waals surface area contributed by atoms with Gasteiger partial charge in [-0.3, -0.25) is 4.79 Å². The van der Waals surface area contributed by atoms with Gasteiger partial charge in [0.1, 0.15) is 16.6 Å². The van der Waals surface area contributed by atoms with Gasteiger partial charge >= 0.3 is 0 Å². The van der Waals surface area contributed by atoms with Gasteiger partial charge in [-0.15, -0.1) is 11.3 Å². The topological polar surface area (TPSA) is 57.8 Å². The first kappa shape index (κ1) is 17.1. The first-order valence-electron chi connectivity index (χ1n) is 9.35. The van der Waals surface area contributed by atoms with E-state index in [0.29, 0.717) is 5.56 Å². The van der Waals surface area contributed by atoms with E-state index < -0.39 is 5.82 Å².